The Morgan fingerprint density at radius 1 is 1.30 bits per heavy atom. The van der Waals surface area contributed by atoms with Gasteiger partial charge in [0.2, 0.25) is 11.7 Å². The highest BCUT2D eigenvalue weighted by Gasteiger charge is 2.21. The highest BCUT2D eigenvalue weighted by Crippen LogP contribution is 2.19. The van der Waals surface area contributed by atoms with Gasteiger partial charge in [-0.25, -0.2) is 0 Å². The van der Waals surface area contributed by atoms with E-state index >= 15 is 0 Å². The zero-order chi connectivity index (χ0) is 13.8. The molecule has 1 aliphatic heterocycles. The topological polar surface area (TPSA) is 62.4 Å². The third-order valence-electron chi connectivity index (χ3n) is 3.72. The summed E-state index contributed by atoms with van der Waals surface area (Å²) in [6.07, 6.45) is 2.22. The summed E-state index contributed by atoms with van der Waals surface area (Å²) in [7, 11) is 0. The molecule has 1 saturated heterocycles. The Morgan fingerprint density at radius 2 is 2.15 bits per heavy atom. The maximum absolute atomic E-state index is 9.25. The third kappa shape index (κ3) is 3.05. The SMILES string of the molecule is OCC1CCCN(Cc2nc(-c3ccccc3)no2)C1. The summed E-state index contributed by atoms with van der Waals surface area (Å²) in [5.74, 6) is 1.65. The first-order chi connectivity index (χ1) is 9.85. The Balaban J connectivity index is 1.65. The predicted octanol–water partition coefficient (Wildman–Crippen LogP) is 1.94. The van der Waals surface area contributed by atoms with E-state index in [1.807, 2.05) is 30.3 Å². The van der Waals surface area contributed by atoms with Crippen LogP contribution in [0.15, 0.2) is 34.9 Å². The van der Waals surface area contributed by atoms with Crippen LogP contribution >= 0.6 is 0 Å². The van der Waals surface area contributed by atoms with Gasteiger partial charge in [0.25, 0.3) is 0 Å². The normalized spacial score (nSPS) is 20.1. The van der Waals surface area contributed by atoms with Crippen LogP contribution in [0.3, 0.4) is 0 Å². The fraction of sp³-hybridized carbons (Fsp3) is 0.467. The Morgan fingerprint density at radius 3 is 2.95 bits per heavy atom. The van der Waals surface area contributed by atoms with Gasteiger partial charge in [0.1, 0.15) is 0 Å². The number of nitrogens with zero attached hydrogens (tertiary/aromatic N) is 3. The lowest BCUT2D eigenvalue weighted by atomic mass is 9.99. The van der Waals surface area contributed by atoms with E-state index in [4.69, 9.17) is 4.52 Å². The summed E-state index contributed by atoms with van der Waals surface area (Å²) in [6.45, 7) is 2.85. The minimum Gasteiger partial charge on any atom is -0.396 e. The third-order valence-corrected chi connectivity index (χ3v) is 3.72. The lowest BCUT2D eigenvalue weighted by Gasteiger charge is -2.30. The van der Waals surface area contributed by atoms with Gasteiger partial charge in [-0.1, -0.05) is 35.5 Å². The predicted molar refractivity (Wildman–Crippen MR) is 74.8 cm³/mol. The fourth-order valence-corrected chi connectivity index (χ4v) is 2.66. The van der Waals surface area contributed by atoms with Crippen molar-refractivity contribution in [1.82, 2.24) is 15.0 Å². The molecule has 20 heavy (non-hydrogen) atoms. The van der Waals surface area contributed by atoms with E-state index in [1.165, 1.54) is 0 Å². The van der Waals surface area contributed by atoms with Crippen LogP contribution in [-0.2, 0) is 6.54 Å². The molecule has 1 fully saturated rings. The van der Waals surface area contributed by atoms with Crippen molar-refractivity contribution in [3.8, 4) is 11.4 Å². The summed E-state index contributed by atoms with van der Waals surface area (Å²) >= 11 is 0. The molecule has 0 aliphatic carbocycles. The number of piperidine rings is 1. The molecule has 3 rings (SSSR count). The van der Waals surface area contributed by atoms with Crippen molar-refractivity contribution in [2.75, 3.05) is 19.7 Å². The summed E-state index contributed by atoms with van der Waals surface area (Å²) in [4.78, 5) is 6.71. The van der Waals surface area contributed by atoms with E-state index in [0.29, 0.717) is 24.2 Å². The average molecular weight is 273 g/mol. The van der Waals surface area contributed by atoms with Crippen LogP contribution in [0.4, 0.5) is 0 Å². The van der Waals surface area contributed by atoms with Crippen LogP contribution in [0.2, 0.25) is 0 Å². The summed E-state index contributed by atoms with van der Waals surface area (Å²) in [5, 5.41) is 13.3. The number of likely N-dealkylation sites (tertiary alicyclic amines) is 1. The van der Waals surface area contributed by atoms with E-state index in [0.717, 1.165) is 31.5 Å². The number of rotatable bonds is 4. The summed E-state index contributed by atoms with van der Waals surface area (Å²) in [6, 6.07) is 9.82. The molecule has 1 N–H and O–H groups in total. The van der Waals surface area contributed by atoms with Crippen molar-refractivity contribution < 1.29 is 9.63 Å². The molecule has 1 aromatic carbocycles. The number of hydrogen-bond donors (Lipinski definition) is 1. The van der Waals surface area contributed by atoms with E-state index in [9.17, 15) is 5.11 Å². The second-order valence-corrected chi connectivity index (χ2v) is 5.30. The minimum atomic E-state index is 0.260. The Bertz CT molecular complexity index is 541. The molecule has 0 radical (unpaired) electrons. The molecule has 1 aromatic heterocycles. The first-order valence-electron chi connectivity index (χ1n) is 7.06. The second kappa shape index (κ2) is 6.15. The minimum absolute atomic E-state index is 0.260. The Labute approximate surface area is 118 Å². The van der Waals surface area contributed by atoms with Gasteiger partial charge in [0.05, 0.1) is 6.54 Å². The highest BCUT2D eigenvalue weighted by molar-refractivity contribution is 5.53. The lowest BCUT2D eigenvalue weighted by Crippen LogP contribution is -2.36. The fourth-order valence-electron chi connectivity index (χ4n) is 2.66. The molecule has 0 saturated carbocycles. The molecule has 1 atom stereocenters. The van der Waals surface area contributed by atoms with Crippen molar-refractivity contribution in [2.24, 2.45) is 5.92 Å². The molecule has 5 heteroatoms. The van der Waals surface area contributed by atoms with Gasteiger partial charge in [-0.15, -0.1) is 0 Å². The summed E-state index contributed by atoms with van der Waals surface area (Å²) in [5.41, 5.74) is 0.967. The maximum atomic E-state index is 9.25. The van der Waals surface area contributed by atoms with E-state index in [2.05, 4.69) is 15.0 Å². The average Bonchev–Trinajstić information content (AvgIpc) is 2.97. The van der Waals surface area contributed by atoms with Gasteiger partial charge in [-0.05, 0) is 25.3 Å². The molecule has 0 spiro atoms. The zero-order valence-electron chi connectivity index (χ0n) is 11.4. The molecule has 5 nitrogen and oxygen atoms in total. The molecule has 1 unspecified atom stereocenters. The smallest absolute Gasteiger partial charge is 0.241 e. The second-order valence-electron chi connectivity index (χ2n) is 5.30. The molecule has 2 heterocycles. The molecule has 0 amide bonds. The van der Waals surface area contributed by atoms with Crippen molar-refractivity contribution in [3.63, 3.8) is 0 Å². The first-order valence-corrected chi connectivity index (χ1v) is 7.06. The van der Waals surface area contributed by atoms with E-state index in [1.54, 1.807) is 0 Å². The zero-order valence-corrected chi connectivity index (χ0v) is 11.4. The van der Waals surface area contributed by atoms with Gasteiger partial charge >= 0.3 is 0 Å². The first kappa shape index (κ1) is 13.3. The molecule has 0 bridgehead atoms. The Hall–Kier alpha value is -1.72. The quantitative estimate of drug-likeness (QED) is 0.922. The number of aromatic nitrogens is 2. The van der Waals surface area contributed by atoms with Crippen LogP contribution < -0.4 is 0 Å². The van der Waals surface area contributed by atoms with Gasteiger partial charge < -0.3 is 9.63 Å². The lowest BCUT2D eigenvalue weighted by molar-refractivity contribution is 0.107. The van der Waals surface area contributed by atoms with Crippen LogP contribution in [0.25, 0.3) is 11.4 Å². The number of hydrogen-bond acceptors (Lipinski definition) is 5. The standard InChI is InChI=1S/C15H19N3O2/c19-11-12-5-4-8-18(9-12)10-14-16-15(17-20-14)13-6-2-1-3-7-13/h1-3,6-7,12,19H,4-5,8-11H2. The molecule has 2 aromatic rings. The summed E-state index contributed by atoms with van der Waals surface area (Å²) < 4.78 is 5.33. The van der Waals surface area contributed by atoms with Gasteiger partial charge in [0, 0.05) is 18.7 Å². The molecular weight excluding hydrogens is 254 g/mol. The van der Waals surface area contributed by atoms with Gasteiger partial charge in [0.15, 0.2) is 0 Å². The number of aliphatic hydroxyl groups is 1. The van der Waals surface area contributed by atoms with Crippen LogP contribution in [0.5, 0.6) is 0 Å². The van der Waals surface area contributed by atoms with Crippen LogP contribution in [0, 0.1) is 5.92 Å². The monoisotopic (exact) mass is 273 g/mol. The van der Waals surface area contributed by atoms with Crippen LogP contribution in [-0.4, -0.2) is 39.8 Å². The van der Waals surface area contributed by atoms with E-state index in [-0.39, 0.29) is 6.61 Å². The van der Waals surface area contributed by atoms with Crippen molar-refractivity contribution in [1.29, 1.82) is 0 Å². The largest absolute Gasteiger partial charge is 0.396 e. The van der Waals surface area contributed by atoms with E-state index < -0.39 is 0 Å². The molecular formula is C15H19N3O2. The molecule has 1 aliphatic rings. The molecule has 106 valence electrons. The van der Waals surface area contributed by atoms with Gasteiger partial charge in [-0.3, -0.25) is 4.90 Å². The van der Waals surface area contributed by atoms with Crippen LogP contribution in [0.1, 0.15) is 18.7 Å². The van der Waals surface area contributed by atoms with Crippen molar-refractivity contribution >= 4 is 0 Å². The van der Waals surface area contributed by atoms with Crippen molar-refractivity contribution in [2.45, 2.75) is 19.4 Å². The Kier molecular flexibility index (Phi) is 4.08. The van der Waals surface area contributed by atoms with Crippen molar-refractivity contribution in [3.05, 3.63) is 36.2 Å². The maximum Gasteiger partial charge on any atom is 0.241 e. The number of benzene rings is 1. The number of aliphatic hydroxyl groups excluding tert-OH is 1. The van der Waals surface area contributed by atoms with Gasteiger partial charge in [-0.2, -0.15) is 4.98 Å². The highest BCUT2D eigenvalue weighted by atomic mass is 16.5.